The molecule has 1 aromatic rings. The number of amides is 3. The molecule has 1 fully saturated rings. The summed E-state index contributed by atoms with van der Waals surface area (Å²) in [7, 11) is 3.05. The van der Waals surface area contributed by atoms with Crippen molar-refractivity contribution in [3.8, 4) is 11.5 Å². The number of ether oxygens (including phenoxy) is 3. The molecule has 0 unspecified atom stereocenters. The van der Waals surface area contributed by atoms with Gasteiger partial charge < -0.3 is 24.4 Å². The van der Waals surface area contributed by atoms with E-state index in [1.807, 2.05) is 0 Å². The Morgan fingerprint density at radius 1 is 1.13 bits per heavy atom. The Bertz CT molecular complexity index is 762. The average Bonchev–Trinajstić information content (AvgIpc) is 3.30. The SMILES string of the molecule is COCCCNC(=O)C(=O)N/N=C\c1ccc(OCC(=O)N2CCCC2)c(OC)c1. The van der Waals surface area contributed by atoms with Crippen LogP contribution in [0.2, 0.25) is 0 Å². The second-order valence-corrected chi connectivity index (χ2v) is 6.59. The Labute approximate surface area is 175 Å². The molecule has 0 aliphatic carbocycles. The van der Waals surface area contributed by atoms with Crippen LogP contribution < -0.4 is 20.2 Å². The molecule has 3 amide bonds. The molecule has 0 aromatic heterocycles. The Hall–Kier alpha value is -3.14. The van der Waals surface area contributed by atoms with E-state index in [0.29, 0.717) is 36.6 Å². The summed E-state index contributed by atoms with van der Waals surface area (Å²) >= 11 is 0. The Kier molecular flexibility index (Phi) is 9.59. The minimum Gasteiger partial charge on any atom is -0.493 e. The first-order chi connectivity index (χ1) is 14.5. The van der Waals surface area contributed by atoms with Crippen molar-refractivity contribution in [3.63, 3.8) is 0 Å². The van der Waals surface area contributed by atoms with Crippen LogP contribution in [0.4, 0.5) is 0 Å². The summed E-state index contributed by atoms with van der Waals surface area (Å²) in [5.41, 5.74) is 2.78. The van der Waals surface area contributed by atoms with Crippen LogP contribution in [0.5, 0.6) is 11.5 Å². The molecule has 0 bridgehead atoms. The van der Waals surface area contributed by atoms with E-state index in [4.69, 9.17) is 14.2 Å². The number of carbonyl (C=O) groups excluding carboxylic acids is 3. The van der Waals surface area contributed by atoms with Crippen molar-refractivity contribution in [2.45, 2.75) is 19.3 Å². The summed E-state index contributed by atoms with van der Waals surface area (Å²) < 4.78 is 15.8. The number of benzene rings is 1. The molecule has 1 saturated heterocycles. The Morgan fingerprint density at radius 2 is 1.90 bits per heavy atom. The predicted molar refractivity (Wildman–Crippen MR) is 110 cm³/mol. The van der Waals surface area contributed by atoms with Gasteiger partial charge in [-0.1, -0.05) is 0 Å². The van der Waals surface area contributed by atoms with Crippen LogP contribution in [0.3, 0.4) is 0 Å². The number of methoxy groups -OCH3 is 2. The molecule has 1 aliphatic heterocycles. The zero-order valence-corrected chi connectivity index (χ0v) is 17.3. The molecule has 10 nitrogen and oxygen atoms in total. The normalized spacial score (nSPS) is 13.3. The first kappa shape index (κ1) is 23.1. The van der Waals surface area contributed by atoms with E-state index in [1.54, 1.807) is 30.2 Å². The van der Waals surface area contributed by atoms with Crippen molar-refractivity contribution in [1.29, 1.82) is 0 Å². The first-order valence-electron chi connectivity index (χ1n) is 9.74. The largest absolute Gasteiger partial charge is 0.493 e. The lowest BCUT2D eigenvalue weighted by Gasteiger charge is -2.16. The fourth-order valence-corrected chi connectivity index (χ4v) is 2.80. The summed E-state index contributed by atoms with van der Waals surface area (Å²) in [6, 6.07) is 5.00. The van der Waals surface area contributed by atoms with Crippen molar-refractivity contribution in [2.24, 2.45) is 5.10 Å². The maximum absolute atomic E-state index is 12.1. The lowest BCUT2D eigenvalue weighted by molar-refractivity contribution is -0.139. The third kappa shape index (κ3) is 7.36. The maximum Gasteiger partial charge on any atom is 0.329 e. The molecule has 1 aromatic carbocycles. The smallest absolute Gasteiger partial charge is 0.329 e. The minimum atomic E-state index is -0.865. The Morgan fingerprint density at radius 3 is 2.60 bits per heavy atom. The van der Waals surface area contributed by atoms with Crippen LogP contribution in [-0.2, 0) is 19.1 Å². The summed E-state index contributed by atoms with van der Waals surface area (Å²) in [6.45, 7) is 2.31. The lowest BCUT2D eigenvalue weighted by atomic mass is 10.2. The third-order valence-corrected chi connectivity index (χ3v) is 4.39. The summed E-state index contributed by atoms with van der Waals surface area (Å²) in [4.78, 5) is 37.2. The molecule has 1 aliphatic rings. The first-order valence-corrected chi connectivity index (χ1v) is 9.74. The number of likely N-dealkylation sites (tertiary alicyclic amines) is 1. The van der Waals surface area contributed by atoms with Gasteiger partial charge in [-0.2, -0.15) is 5.10 Å². The minimum absolute atomic E-state index is 0.0524. The third-order valence-electron chi connectivity index (χ3n) is 4.39. The van der Waals surface area contributed by atoms with Gasteiger partial charge in [-0.25, -0.2) is 5.43 Å². The van der Waals surface area contributed by atoms with Gasteiger partial charge in [0.2, 0.25) is 0 Å². The van der Waals surface area contributed by atoms with Gasteiger partial charge in [0.1, 0.15) is 0 Å². The average molecular weight is 420 g/mol. The summed E-state index contributed by atoms with van der Waals surface area (Å²) in [5, 5.41) is 6.23. The molecule has 164 valence electrons. The van der Waals surface area contributed by atoms with Crippen LogP contribution in [0.15, 0.2) is 23.3 Å². The number of nitrogens with zero attached hydrogens (tertiary/aromatic N) is 2. The fourth-order valence-electron chi connectivity index (χ4n) is 2.80. The second-order valence-electron chi connectivity index (χ2n) is 6.59. The molecule has 0 radical (unpaired) electrons. The molecule has 10 heteroatoms. The molecular weight excluding hydrogens is 392 g/mol. The van der Waals surface area contributed by atoms with Gasteiger partial charge in [-0.15, -0.1) is 0 Å². The fraction of sp³-hybridized carbons (Fsp3) is 0.500. The van der Waals surface area contributed by atoms with Gasteiger partial charge in [-0.3, -0.25) is 14.4 Å². The van der Waals surface area contributed by atoms with Crippen molar-refractivity contribution in [1.82, 2.24) is 15.6 Å². The van der Waals surface area contributed by atoms with Crippen molar-refractivity contribution >= 4 is 23.9 Å². The highest BCUT2D eigenvalue weighted by Crippen LogP contribution is 2.27. The van der Waals surface area contributed by atoms with E-state index < -0.39 is 11.8 Å². The molecule has 1 heterocycles. The number of hydrazone groups is 1. The molecule has 0 saturated carbocycles. The number of hydrogen-bond donors (Lipinski definition) is 2. The van der Waals surface area contributed by atoms with Gasteiger partial charge in [0.05, 0.1) is 13.3 Å². The van der Waals surface area contributed by atoms with Crippen molar-refractivity contribution in [3.05, 3.63) is 23.8 Å². The number of carbonyl (C=O) groups is 3. The number of rotatable bonds is 10. The van der Waals surface area contributed by atoms with Gasteiger partial charge in [-0.05, 0) is 43.0 Å². The second kappa shape index (κ2) is 12.4. The molecular formula is C20H28N4O6. The van der Waals surface area contributed by atoms with Crippen LogP contribution >= 0.6 is 0 Å². The molecule has 2 rings (SSSR count). The van der Waals surface area contributed by atoms with Crippen molar-refractivity contribution < 1.29 is 28.6 Å². The Balaban J connectivity index is 1.83. The van der Waals surface area contributed by atoms with E-state index in [0.717, 1.165) is 25.9 Å². The van der Waals surface area contributed by atoms with E-state index in [9.17, 15) is 14.4 Å². The van der Waals surface area contributed by atoms with E-state index >= 15 is 0 Å². The van der Waals surface area contributed by atoms with Gasteiger partial charge in [0.15, 0.2) is 18.1 Å². The zero-order chi connectivity index (χ0) is 21.8. The van der Waals surface area contributed by atoms with Crippen LogP contribution in [0.25, 0.3) is 0 Å². The van der Waals surface area contributed by atoms with Gasteiger partial charge in [0.25, 0.3) is 5.91 Å². The summed E-state index contributed by atoms with van der Waals surface area (Å²) in [6.07, 6.45) is 4.03. The monoisotopic (exact) mass is 420 g/mol. The van der Waals surface area contributed by atoms with Crippen molar-refractivity contribution in [2.75, 3.05) is 47.1 Å². The molecule has 0 atom stereocenters. The number of hydrogen-bond acceptors (Lipinski definition) is 7. The molecule has 2 N–H and O–H groups in total. The van der Waals surface area contributed by atoms with Crippen LogP contribution in [0.1, 0.15) is 24.8 Å². The maximum atomic E-state index is 12.1. The zero-order valence-electron chi connectivity index (χ0n) is 17.3. The predicted octanol–water partition coefficient (Wildman–Crippen LogP) is 0.299. The quantitative estimate of drug-likeness (QED) is 0.243. The highest BCUT2D eigenvalue weighted by atomic mass is 16.5. The molecule has 0 spiro atoms. The van der Waals surface area contributed by atoms with Crippen LogP contribution in [-0.4, -0.2) is 75.9 Å². The van der Waals surface area contributed by atoms with E-state index in [1.165, 1.54) is 13.3 Å². The summed E-state index contributed by atoms with van der Waals surface area (Å²) in [5.74, 6) is -0.830. The lowest BCUT2D eigenvalue weighted by Crippen LogP contribution is -2.38. The topological polar surface area (TPSA) is 119 Å². The van der Waals surface area contributed by atoms with Gasteiger partial charge in [0, 0.05) is 33.4 Å². The van der Waals surface area contributed by atoms with Gasteiger partial charge >= 0.3 is 11.8 Å². The van der Waals surface area contributed by atoms with Crippen LogP contribution in [0, 0.1) is 0 Å². The van der Waals surface area contributed by atoms with E-state index in [2.05, 4.69) is 15.8 Å². The van der Waals surface area contributed by atoms with E-state index in [-0.39, 0.29) is 12.5 Å². The highest BCUT2D eigenvalue weighted by Gasteiger charge is 2.19. The number of nitrogens with one attached hydrogen (secondary N) is 2. The molecule has 30 heavy (non-hydrogen) atoms. The highest BCUT2D eigenvalue weighted by molar-refractivity contribution is 6.35. The standard InChI is InChI=1S/C20H28N4O6/c1-28-11-5-8-21-19(26)20(27)23-22-13-15-6-7-16(17(12-15)29-2)30-14-18(25)24-9-3-4-10-24/h6-7,12-13H,3-5,8-11,14H2,1-2H3,(H,21,26)(H,23,27)/b22-13-.